The molecule has 2 aromatic rings. The van der Waals surface area contributed by atoms with Crippen LogP contribution in [0.3, 0.4) is 0 Å². The Morgan fingerprint density at radius 3 is 2.46 bits per heavy atom. The maximum atomic E-state index is 13.8. The Balaban J connectivity index is 1.46. The maximum absolute atomic E-state index is 13.8. The van der Waals surface area contributed by atoms with Crippen LogP contribution in [0.1, 0.15) is 51.5 Å². The first-order valence-corrected chi connectivity index (χ1v) is 10.1. The summed E-state index contributed by atoms with van der Waals surface area (Å²) in [6.45, 7) is 7.25. The van der Waals surface area contributed by atoms with Gasteiger partial charge in [0.1, 0.15) is 5.82 Å². The van der Waals surface area contributed by atoms with Gasteiger partial charge in [0, 0.05) is 31.1 Å². The number of ketones is 1. The molecule has 1 amide bonds. The van der Waals surface area contributed by atoms with Gasteiger partial charge in [-0.15, -0.1) is 0 Å². The van der Waals surface area contributed by atoms with Crippen molar-refractivity contribution in [3.05, 3.63) is 41.8 Å². The molecule has 2 heterocycles. The van der Waals surface area contributed by atoms with Crippen molar-refractivity contribution in [1.29, 1.82) is 0 Å². The number of nitrogens with zero attached hydrogens (tertiary/aromatic N) is 2. The molecule has 1 aliphatic carbocycles. The number of rotatable bonds is 3. The van der Waals surface area contributed by atoms with E-state index in [1.165, 1.54) is 6.07 Å². The lowest BCUT2D eigenvalue weighted by Gasteiger charge is -2.22. The van der Waals surface area contributed by atoms with Crippen LogP contribution in [-0.4, -0.2) is 34.7 Å². The molecule has 148 valence electrons. The summed E-state index contributed by atoms with van der Waals surface area (Å²) in [5.41, 5.74) is 1.80. The molecule has 3 atom stereocenters. The number of benzene rings is 1. The molecule has 1 aromatic heterocycles. The molecule has 4 nitrogen and oxygen atoms in total. The smallest absolute Gasteiger partial charge is 0.289 e. The highest BCUT2D eigenvalue weighted by atomic mass is 19.1. The fraction of sp³-hybridized carbons (Fsp3) is 0.522. The van der Waals surface area contributed by atoms with Crippen molar-refractivity contribution in [2.24, 2.45) is 17.3 Å². The quantitative estimate of drug-likeness (QED) is 0.743. The zero-order valence-corrected chi connectivity index (χ0v) is 16.7. The zero-order valence-electron chi connectivity index (χ0n) is 16.7. The van der Waals surface area contributed by atoms with E-state index in [9.17, 15) is 14.0 Å². The van der Waals surface area contributed by atoms with E-state index < -0.39 is 0 Å². The number of halogens is 1. The van der Waals surface area contributed by atoms with Gasteiger partial charge in [0.25, 0.3) is 5.91 Å². The number of hydrogen-bond acceptors (Lipinski definition) is 3. The van der Waals surface area contributed by atoms with Crippen LogP contribution in [0, 0.1) is 23.1 Å². The van der Waals surface area contributed by atoms with E-state index in [1.807, 2.05) is 26.8 Å². The second kappa shape index (κ2) is 6.94. The molecule has 0 N–H and O–H groups in total. The van der Waals surface area contributed by atoms with Crippen molar-refractivity contribution in [2.45, 2.75) is 46.0 Å². The molecule has 28 heavy (non-hydrogen) atoms. The third kappa shape index (κ3) is 3.67. The molecule has 0 radical (unpaired) electrons. The van der Waals surface area contributed by atoms with Gasteiger partial charge in [-0.25, -0.2) is 4.39 Å². The number of hydrogen-bond donors (Lipinski definition) is 0. The van der Waals surface area contributed by atoms with Crippen LogP contribution in [0.4, 0.5) is 4.39 Å². The minimum Gasteiger partial charge on any atom is -0.336 e. The second-order valence-electron chi connectivity index (χ2n) is 9.62. The fourth-order valence-corrected chi connectivity index (χ4v) is 4.95. The number of Topliss-reactive ketones (excluding diaryl/α,β-unsaturated/α-hetero) is 1. The highest BCUT2D eigenvalue weighted by Crippen LogP contribution is 2.47. The largest absolute Gasteiger partial charge is 0.336 e. The monoisotopic (exact) mass is 382 g/mol. The fourth-order valence-electron chi connectivity index (χ4n) is 4.95. The number of amides is 1. The van der Waals surface area contributed by atoms with Gasteiger partial charge in [0.2, 0.25) is 5.78 Å². The number of likely N-dealkylation sites (tertiary alicyclic amines) is 1. The highest BCUT2D eigenvalue weighted by molar-refractivity contribution is 6.36. The zero-order chi connectivity index (χ0) is 20.1. The summed E-state index contributed by atoms with van der Waals surface area (Å²) in [5, 5.41) is 0.890. The van der Waals surface area contributed by atoms with Crippen molar-refractivity contribution in [3.63, 3.8) is 0 Å². The molecule has 0 bridgehead atoms. The first-order chi connectivity index (χ1) is 13.2. The van der Waals surface area contributed by atoms with Crippen LogP contribution in [0.25, 0.3) is 10.9 Å². The van der Waals surface area contributed by atoms with E-state index >= 15 is 0 Å². The molecule has 2 fully saturated rings. The van der Waals surface area contributed by atoms with Crippen molar-refractivity contribution in [2.75, 3.05) is 13.1 Å². The van der Waals surface area contributed by atoms with E-state index in [-0.39, 0.29) is 29.3 Å². The summed E-state index contributed by atoms with van der Waals surface area (Å²) in [7, 11) is 0. The highest BCUT2D eigenvalue weighted by Gasteiger charge is 2.44. The summed E-state index contributed by atoms with van der Waals surface area (Å²) in [5.74, 6) is 0.331. The Labute approximate surface area is 165 Å². The normalized spacial score (nSPS) is 24.6. The van der Waals surface area contributed by atoms with E-state index in [4.69, 9.17) is 0 Å². The van der Waals surface area contributed by atoms with Gasteiger partial charge in [-0.3, -0.25) is 14.6 Å². The van der Waals surface area contributed by atoms with Gasteiger partial charge in [-0.2, -0.15) is 0 Å². The Bertz CT molecular complexity index is 920. The van der Waals surface area contributed by atoms with Crippen molar-refractivity contribution >= 4 is 22.6 Å². The summed E-state index contributed by atoms with van der Waals surface area (Å²) in [4.78, 5) is 30.9. The molecule has 1 aromatic carbocycles. The number of carbonyl (C=O) groups is 2. The number of pyridine rings is 1. The molecule has 1 saturated carbocycles. The Hall–Kier alpha value is -2.30. The van der Waals surface area contributed by atoms with Gasteiger partial charge in [0.05, 0.1) is 5.52 Å². The predicted molar refractivity (Wildman–Crippen MR) is 106 cm³/mol. The van der Waals surface area contributed by atoms with E-state index in [0.29, 0.717) is 30.8 Å². The minimum absolute atomic E-state index is 0.175. The third-order valence-corrected chi connectivity index (χ3v) is 6.14. The maximum Gasteiger partial charge on any atom is 0.289 e. The van der Waals surface area contributed by atoms with Gasteiger partial charge in [0.15, 0.2) is 0 Å². The minimum atomic E-state index is -0.322. The average Bonchev–Trinajstić information content (AvgIpc) is 3.18. The Morgan fingerprint density at radius 1 is 1.14 bits per heavy atom. The second-order valence-corrected chi connectivity index (χ2v) is 9.62. The van der Waals surface area contributed by atoms with E-state index in [2.05, 4.69) is 4.98 Å². The lowest BCUT2D eigenvalue weighted by atomic mass is 9.89. The predicted octanol–water partition coefficient (Wildman–Crippen LogP) is 4.33. The third-order valence-electron chi connectivity index (χ3n) is 6.14. The number of carbonyl (C=O) groups excluding carboxylic acids is 2. The van der Waals surface area contributed by atoms with Gasteiger partial charge in [-0.05, 0) is 65.8 Å². The summed E-state index contributed by atoms with van der Waals surface area (Å²) in [6, 6.07) is 6.75. The molecule has 1 unspecified atom stereocenters. The summed E-state index contributed by atoms with van der Waals surface area (Å²) in [6.07, 6.45) is 4.02. The van der Waals surface area contributed by atoms with Crippen molar-refractivity contribution in [1.82, 2.24) is 9.88 Å². The average molecular weight is 382 g/mol. The molecule has 0 spiro atoms. The van der Waals surface area contributed by atoms with Crippen LogP contribution in [-0.2, 0) is 9.59 Å². The molecule has 2 aliphatic rings. The molecule has 1 saturated heterocycles. The van der Waals surface area contributed by atoms with E-state index in [0.717, 1.165) is 29.3 Å². The first kappa shape index (κ1) is 19.0. The molecule has 5 heteroatoms. The summed E-state index contributed by atoms with van der Waals surface area (Å²) < 4.78 is 13.8. The van der Waals surface area contributed by atoms with Crippen LogP contribution in [0.5, 0.6) is 0 Å². The van der Waals surface area contributed by atoms with Crippen LogP contribution in [0.15, 0.2) is 30.5 Å². The van der Waals surface area contributed by atoms with Gasteiger partial charge in [-0.1, -0.05) is 20.8 Å². The van der Waals surface area contributed by atoms with Crippen molar-refractivity contribution in [3.8, 4) is 0 Å². The molecule has 4 rings (SSSR count). The topological polar surface area (TPSA) is 50.3 Å². The number of aromatic nitrogens is 1. The lowest BCUT2D eigenvalue weighted by Crippen LogP contribution is -2.37. The van der Waals surface area contributed by atoms with E-state index in [1.54, 1.807) is 23.2 Å². The van der Waals surface area contributed by atoms with Gasteiger partial charge < -0.3 is 4.90 Å². The Morgan fingerprint density at radius 2 is 1.82 bits per heavy atom. The van der Waals surface area contributed by atoms with Crippen LogP contribution >= 0.6 is 0 Å². The Kier molecular flexibility index (Phi) is 4.72. The number of fused-ring (bicyclic) bond motifs is 2. The SMILES string of the molecule is CC(C)(C)CC(=O)C(=O)N1C[C@H]2CC(c3ccnc4ccc(F)cc34)C[C@H]2C1. The van der Waals surface area contributed by atoms with Gasteiger partial charge >= 0.3 is 0 Å². The van der Waals surface area contributed by atoms with Crippen LogP contribution < -0.4 is 0 Å². The van der Waals surface area contributed by atoms with Crippen LogP contribution in [0.2, 0.25) is 0 Å². The summed E-state index contributed by atoms with van der Waals surface area (Å²) >= 11 is 0. The standard InChI is InChI=1S/C23H27FN2O2/c1-23(2,3)11-21(27)22(28)26-12-15-8-14(9-16(15)13-26)18-6-7-25-20-5-4-17(24)10-19(18)20/h4-7,10,14-16H,8-9,11-13H2,1-3H3/t14?,15-,16+. The first-order valence-electron chi connectivity index (χ1n) is 10.1. The van der Waals surface area contributed by atoms with Crippen molar-refractivity contribution < 1.29 is 14.0 Å². The molecule has 1 aliphatic heterocycles. The lowest BCUT2D eigenvalue weighted by molar-refractivity contribution is -0.145. The molecular weight excluding hydrogens is 355 g/mol. The molecular formula is C23H27FN2O2.